The smallest absolute Gasteiger partial charge is 0.303 e. The topological polar surface area (TPSA) is 50.2 Å². The van der Waals surface area contributed by atoms with E-state index < -0.39 is 5.97 Å². The molecule has 108 valence electrons. The van der Waals surface area contributed by atoms with E-state index in [-0.39, 0.29) is 0 Å². The Kier molecular flexibility index (Phi) is 7.72. The standard InChI is InChI=1S/C15H25NO2S/c1-12-14(19-13(2)16-12)10-8-6-4-3-5-7-9-11-15(17)18/h3-11H2,1-2H3,(H,17,18). The molecule has 0 radical (unpaired) electrons. The summed E-state index contributed by atoms with van der Waals surface area (Å²) in [5.41, 5.74) is 1.20. The minimum absolute atomic E-state index is 0.323. The normalized spacial score (nSPS) is 10.8. The van der Waals surface area contributed by atoms with Gasteiger partial charge in [0.2, 0.25) is 0 Å². The number of aryl methyl sites for hydroxylation is 3. The third-order valence-electron chi connectivity index (χ3n) is 3.29. The first kappa shape index (κ1) is 16.2. The van der Waals surface area contributed by atoms with Crippen molar-refractivity contribution in [1.29, 1.82) is 0 Å². The van der Waals surface area contributed by atoms with Crippen LogP contribution in [-0.2, 0) is 11.2 Å². The van der Waals surface area contributed by atoms with Crippen LogP contribution in [-0.4, -0.2) is 16.1 Å². The van der Waals surface area contributed by atoms with E-state index in [1.807, 2.05) is 11.3 Å². The Morgan fingerprint density at radius 3 is 2.16 bits per heavy atom. The van der Waals surface area contributed by atoms with E-state index >= 15 is 0 Å². The molecule has 4 heteroatoms. The molecule has 1 rings (SSSR count). The van der Waals surface area contributed by atoms with Crippen LogP contribution in [0.15, 0.2) is 0 Å². The average Bonchev–Trinajstić information content (AvgIpc) is 2.65. The van der Waals surface area contributed by atoms with Gasteiger partial charge in [0.15, 0.2) is 0 Å². The van der Waals surface area contributed by atoms with Gasteiger partial charge in [0.05, 0.1) is 10.7 Å². The summed E-state index contributed by atoms with van der Waals surface area (Å²) in [5, 5.41) is 9.69. The van der Waals surface area contributed by atoms with Crippen LogP contribution in [0.1, 0.15) is 66.9 Å². The van der Waals surface area contributed by atoms with E-state index in [2.05, 4.69) is 18.8 Å². The summed E-state index contributed by atoms with van der Waals surface area (Å²) in [6.45, 7) is 4.17. The Morgan fingerprint density at radius 2 is 1.63 bits per heavy atom. The minimum Gasteiger partial charge on any atom is -0.481 e. The Hall–Kier alpha value is -0.900. The maximum absolute atomic E-state index is 10.3. The third-order valence-corrected chi connectivity index (χ3v) is 4.43. The summed E-state index contributed by atoms with van der Waals surface area (Å²) >= 11 is 1.83. The zero-order valence-corrected chi connectivity index (χ0v) is 12.9. The second-order valence-electron chi connectivity index (χ2n) is 5.11. The van der Waals surface area contributed by atoms with Crippen molar-refractivity contribution in [2.45, 2.75) is 71.6 Å². The predicted molar refractivity (Wildman–Crippen MR) is 79.9 cm³/mol. The molecule has 0 aromatic carbocycles. The van der Waals surface area contributed by atoms with Crippen LogP contribution >= 0.6 is 11.3 Å². The second kappa shape index (κ2) is 9.08. The number of carboxylic acid groups (broad SMARTS) is 1. The molecule has 0 atom stereocenters. The highest BCUT2D eigenvalue weighted by Crippen LogP contribution is 2.20. The second-order valence-corrected chi connectivity index (χ2v) is 6.40. The molecule has 0 aliphatic rings. The van der Waals surface area contributed by atoms with Gasteiger partial charge in [-0.2, -0.15) is 0 Å². The Bertz CT molecular complexity index is 387. The molecule has 0 saturated carbocycles. The fourth-order valence-electron chi connectivity index (χ4n) is 2.25. The highest BCUT2D eigenvalue weighted by atomic mass is 32.1. The molecule has 19 heavy (non-hydrogen) atoms. The van der Waals surface area contributed by atoms with Crippen LogP contribution in [0.25, 0.3) is 0 Å². The van der Waals surface area contributed by atoms with Gasteiger partial charge in [-0.3, -0.25) is 4.79 Å². The number of nitrogens with zero attached hydrogens (tertiary/aromatic N) is 1. The summed E-state index contributed by atoms with van der Waals surface area (Å²) in [4.78, 5) is 16.2. The van der Waals surface area contributed by atoms with Crippen molar-refractivity contribution in [2.24, 2.45) is 0 Å². The third kappa shape index (κ3) is 7.31. The SMILES string of the molecule is Cc1nc(C)c(CCCCCCCCCC(=O)O)s1. The van der Waals surface area contributed by atoms with Crippen molar-refractivity contribution in [3.63, 3.8) is 0 Å². The van der Waals surface area contributed by atoms with E-state index in [0.29, 0.717) is 6.42 Å². The Labute approximate surface area is 120 Å². The van der Waals surface area contributed by atoms with Gasteiger partial charge in [0.25, 0.3) is 0 Å². The van der Waals surface area contributed by atoms with Gasteiger partial charge < -0.3 is 5.11 Å². The number of carboxylic acids is 1. The fourth-order valence-corrected chi connectivity index (χ4v) is 3.23. The van der Waals surface area contributed by atoms with E-state index in [4.69, 9.17) is 5.11 Å². The summed E-state index contributed by atoms with van der Waals surface area (Å²) in [6, 6.07) is 0. The number of rotatable bonds is 10. The van der Waals surface area contributed by atoms with Crippen LogP contribution in [0.5, 0.6) is 0 Å². The highest BCUT2D eigenvalue weighted by Gasteiger charge is 2.03. The van der Waals surface area contributed by atoms with Gasteiger partial charge in [-0.05, 0) is 33.1 Å². The number of unbranched alkanes of at least 4 members (excludes halogenated alkanes) is 6. The van der Waals surface area contributed by atoms with E-state index in [9.17, 15) is 4.79 Å². The number of thiazole rings is 1. The summed E-state index contributed by atoms with van der Waals surface area (Å²) < 4.78 is 0. The molecule has 0 aliphatic heterocycles. The molecule has 0 spiro atoms. The highest BCUT2D eigenvalue weighted by molar-refractivity contribution is 7.11. The number of aromatic nitrogens is 1. The molecule has 3 nitrogen and oxygen atoms in total. The maximum atomic E-state index is 10.3. The molecule has 1 heterocycles. The summed E-state index contributed by atoms with van der Waals surface area (Å²) in [5.74, 6) is -0.671. The molecule has 0 fully saturated rings. The molecule has 1 N–H and O–H groups in total. The van der Waals surface area contributed by atoms with E-state index in [1.165, 1.54) is 47.7 Å². The van der Waals surface area contributed by atoms with E-state index in [1.54, 1.807) is 0 Å². The molecule has 0 unspecified atom stereocenters. The average molecular weight is 283 g/mol. The lowest BCUT2D eigenvalue weighted by atomic mass is 10.1. The lowest BCUT2D eigenvalue weighted by Crippen LogP contribution is -1.93. The largest absolute Gasteiger partial charge is 0.481 e. The number of hydrogen-bond acceptors (Lipinski definition) is 3. The first-order chi connectivity index (χ1) is 9.09. The molecule has 0 aliphatic carbocycles. The van der Waals surface area contributed by atoms with Crippen molar-refractivity contribution >= 4 is 17.3 Å². The van der Waals surface area contributed by atoms with Gasteiger partial charge in [-0.1, -0.05) is 32.1 Å². The summed E-state index contributed by atoms with van der Waals surface area (Å²) in [7, 11) is 0. The van der Waals surface area contributed by atoms with Crippen molar-refractivity contribution < 1.29 is 9.90 Å². The van der Waals surface area contributed by atoms with Gasteiger partial charge in [0, 0.05) is 11.3 Å². The van der Waals surface area contributed by atoms with Crippen LogP contribution in [0, 0.1) is 13.8 Å². The number of aliphatic carboxylic acids is 1. The van der Waals surface area contributed by atoms with Crippen molar-refractivity contribution in [3.8, 4) is 0 Å². The molecule has 0 saturated heterocycles. The summed E-state index contributed by atoms with van der Waals surface area (Å²) in [6.07, 6.45) is 9.57. The van der Waals surface area contributed by atoms with Crippen molar-refractivity contribution in [3.05, 3.63) is 15.6 Å². The van der Waals surface area contributed by atoms with Crippen molar-refractivity contribution in [2.75, 3.05) is 0 Å². The lowest BCUT2D eigenvalue weighted by Gasteiger charge is -2.01. The predicted octanol–water partition coefficient (Wildman–Crippen LogP) is 4.51. The molecule has 0 amide bonds. The lowest BCUT2D eigenvalue weighted by molar-refractivity contribution is -0.137. The van der Waals surface area contributed by atoms with Gasteiger partial charge in [0.1, 0.15) is 0 Å². The number of carbonyl (C=O) groups is 1. The zero-order chi connectivity index (χ0) is 14.1. The van der Waals surface area contributed by atoms with Gasteiger partial charge >= 0.3 is 5.97 Å². The Morgan fingerprint density at radius 1 is 1.05 bits per heavy atom. The zero-order valence-electron chi connectivity index (χ0n) is 12.1. The first-order valence-electron chi connectivity index (χ1n) is 7.24. The van der Waals surface area contributed by atoms with Crippen molar-refractivity contribution in [1.82, 2.24) is 4.98 Å². The minimum atomic E-state index is -0.671. The van der Waals surface area contributed by atoms with Crippen LogP contribution < -0.4 is 0 Å². The van der Waals surface area contributed by atoms with E-state index in [0.717, 1.165) is 19.3 Å². The van der Waals surface area contributed by atoms with Crippen LogP contribution in [0.2, 0.25) is 0 Å². The molecule has 1 aromatic rings. The molecular formula is C15H25NO2S. The molecule has 0 bridgehead atoms. The maximum Gasteiger partial charge on any atom is 0.303 e. The fraction of sp³-hybridized carbons (Fsp3) is 0.733. The first-order valence-corrected chi connectivity index (χ1v) is 8.06. The monoisotopic (exact) mass is 283 g/mol. The van der Waals surface area contributed by atoms with Crippen LogP contribution in [0.3, 0.4) is 0 Å². The quantitative estimate of drug-likeness (QED) is 0.643. The molecule has 1 aromatic heterocycles. The van der Waals surface area contributed by atoms with Crippen LogP contribution in [0.4, 0.5) is 0 Å². The number of hydrogen-bond donors (Lipinski definition) is 1. The van der Waals surface area contributed by atoms with Gasteiger partial charge in [-0.15, -0.1) is 11.3 Å². The molecular weight excluding hydrogens is 258 g/mol. The Balaban J connectivity index is 1.94. The van der Waals surface area contributed by atoms with Gasteiger partial charge in [-0.25, -0.2) is 4.98 Å².